The van der Waals surface area contributed by atoms with Gasteiger partial charge in [0.25, 0.3) is 5.91 Å². The highest BCUT2D eigenvalue weighted by atomic mass is 32.2. The molecule has 0 aromatic rings. The van der Waals surface area contributed by atoms with Gasteiger partial charge in [-0.1, -0.05) is 72.5 Å². The molecule has 48 heavy (non-hydrogen) atoms. The van der Waals surface area contributed by atoms with Crippen LogP contribution in [0.1, 0.15) is 86.0 Å². The van der Waals surface area contributed by atoms with E-state index in [1.165, 1.54) is 22.3 Å². The van der Waals surface area contributed by atoms with Gasteiger partial charge in [0.05, 0.1) is 12.3 Å². The quantitative estimate of drug-likeness (QED) is 0.142. The highest BCUT2D eigenvalue weighted by Crippen LogP contribution is 2.40. The molecule has 272 valence electrons. The third kappa shape index (κ3) is 10.9. The second kappa shape index (κ2) is 17.4. The molecule has 0 spiro atoms. The number of likely N-dealkylation sites (tertiary alicyclic amines) is 1. The zero-order valence-electron chi connectivity index (χ0n) is 29.9. The molecule has 0 aromatic heterocycles. The van der Waals surface area contributed by atoms with Gasteiger partial charge >= 0.3 is 6.03 Å². The second-order valence-electron chi connectivity index (χ2n) is 14.6. The number of ketones is 1. The number of rotatable bonds is 16. The maximum atomic E-state index is 14.6. The Bertz CT molecular complexity index is 1310. The Morgan fingerprint density at radius 2 is 1.67 bits per heavy atom. The van der Waals surface area contributed by atoms with E-state index in [1.54, 1.807) is 6.08 Å². The van der Waals surface area contributed by atoms with E-state index >= 15 is 0 Å². The number of carbonyl (C=O) groups excluding carboxylic acids is 5. The average Bonchev–Trinajstić information content (AvgIpc) is 3.45. The fraction of sp³-hybridized carbons (Fsp3) is 0.735. The van der Waals surface area contributed by atoms with E-state index < -0.39 is 80.5 Å². The lowest BCUT2D eigenvalue weighted by atomic mass is 9.70. The molecular weight excluding hydrogens is 636 g/mol. The lowest BCUT2D eigenvalue weighted by Crippen LogP contribution is -2.63. The van der Waals surface area contributed by atoms with Crippen molar-refractivity contribution in [1.82, 2.24) is 30.5 Å². The van der Waals surface area contributed by atoms with Gasteiger partial charge in [0.2, 0.25) is 27.6 Å². The van der Waals surface area contributed by atoms with Crippen LogP contribution in [0.5, 0.6) is 0 Å². The number of sulfonamides is 1. The number of nitrogens with one attached hydrogen (secondary N) is 4. The summed E-state index contributed by atoms with van der Waals surface area (Å²) in [6, 6.07) is -4.25. The van der Waals surface area contributed by atoms with Crippen molar-refractivity contribution in [3.8, 4) is 0 Å². The van der Waals surface area contributed by atoms with Crippen LogP contribution in [0, 0.1) is 16.7 Å². The summed E-state index contributed by atoms with van der Waals surface area (Å²) in [4.78, 5) is 69.0. The highest BCUT2D eigenvalue weighted by Gasteiger charge is 2.49. The van der Waals surface area contributed by atoms with Gasteiger partial charge in [0.1, 0.15) is 12.1 Å². The van der Waals surface area contributed by atoms with Gasteiger partial charge < -0.3 is 26.2 Å². The van der Waals surface area contributed by atoms with Crippen molar-refractivity contribution >= 4 is 39.6 Å². The van der Waals surface area contributed by atoms with Crippen LogP contribution >= 0.6 is 0 Å². The number of hydrogen-bond donors (Lipinski definition) is 4. The fourth-order valence-corrected chi connectivity index (χ4v) is 6.90. The Balaban J connectivity index is 2.41. The molecule has 5 atom stereocenters. The molecule has 14 heteroatoms. The van der Waals surface area contributed by atoms with Crippen LogP contribution in [0.15, 0.2) is 25.3 Å². The molecule has 2 fully saturated rings. The number of Topliss-reactive ketones (excluding diaryl/α,β-unsaturated/α-hetero) is 1. The van der Waals surface area contributed by atoms with E-state index in [0.29, 0.717) is 25.7 Å². The van der Waals surface area contributed by atoms with Crippen LogP contribution in [0.4, 0.5) is 4.79 Å². The molecule has 1 aliphatic carbocycles. The van der Waals surface area contributed by atoms with Crippen molar-refractivity contribution in [1.29, 1.82) is 0 Å². The maximum absolute atomic E-state index is 14.6. The number of nitrogens with zero attached hydrogens (tertiary/aromatic N) is 2. The van der Waals surface area contributed by atoms with Crippen LogP contribution in [0.3, 0.4) is 0 Å². The molecule has 1 saturated carbocycles. The van der Waals surface area contributed by atoms with Crippen molar-refractivity contribution in [2.75, 3.05) is 32.9 Å². The monoisotopic (exact) mass is 694 g/mol. The van der Waals surface area contributed by atoms with Crippen molar-refractivity contribution in [3.05, 3.63) is 25.3 Å². The van der Waals surface area contributed by atoms with Crippen LogP contribution in [0.2, 0.25) is 0 Å². The Labute approximate surface area is 287 Å². The topological polar surface area (TPSA) is 174 Å². The first-order valence-corrected chi connectivity index (χ1v) is 18.8. The lowest BCUT2D eigenvalue weighted by Gasteiger charge is -2.43. The molecule has 0 radical (unpaired) electrons. The van der Waals surface area contributed by atoms with Gasteiger partial charge in [0.15, 0.2) is 0 Å². The lowest BCUT2D eigenvalue weighted by molar-refractivity contribution is -0.145. The van der Waals surface area contributed by atoms with Gasteiger partial charge in [-0.3, -0.25) is 19.2 Å². The zero-order chi connectivity index (χ0) is 36.4. The molecule has 1 aliphatic heterocycles. The van der Waals surface area contributed by atoms with Crippen LogP contribution in [-0.2, 0) is 29.2 Å². The molecule has 2 rings (SSSR count). The first kappa shape index (κ1) is 40.9. The van der Waals surface area contributed by atoms with Crippen LogP contribution in [-0.4, -0.2) is 104 Å². The summed E-state index contributed by atoms with van der Waals surface area (Å²) in [6.45, 7) is 17.3. The molecule has 5 amide bonds. The SMILES string of the molecule is C=CCNC(=O)C(=O)C(CCC)NC(=O)[C@@H]1[C@@H](C=C)CCN1C(=O)[C@@H](NC(=O)N[C@H](CN(C)S(C)(=O)=O)C(C)(C)C)C1(C)CCCCC1. The van der Waals surface area contributed by atoms with Crippen molar-refractivity contribution < 1.29 is 32.4 Å². The van der Waals surface area contributed by atoms with Gasteiger partial charge in [0, 0.05) is 38.6 Å². The summed E-state index contributed by atoms with van der Waals surface area (Å²) in [5.41, 5.74) is -1.13. The van der Waals surface area contributed by atoms with Crippen LogP contribution in [0.25, 0.3) is 0 Å². The van der Waals surface area contributed by atoms with Gasteiger partial charge in [-0.05, 0) is 36.5 Å². The second-order valence-corrected chi connectivity index (χ2v) is 16.7. The summed E-state index contributed by atoms with van der Waals surface area (Å²) in [5.74, 6) is -3.00. The molecule has 2 aliphatic rings. The molecule has 1 unspecified atom stereocenters. The van der Waals surface area contributed by atoms with E-state index in [4.69, 9.17) is 0 Å². The Hall–Kier alpha value is -3.26. The van der Waals surface area contributed by atoms with Gasteiger partial charge in [-0.25, -0.2) is 17.5 Å². The van der Waals surface area contributed by atoms with E-state index in [9.17, 15) is 32.4 Å². The van der Waals surface area contributed by atoms with Crippen molar-refractivity contribution in [3.63, 3.8) is 0 Å². The minimum Gasteiger partial charge on any atom is -0.346 e. The van der Waals surface area contributed by atoms with E-state index in [2.05, 4.69) is 34.4 Å². The summed E-state index contributed by atoms with van der Waals surface area (Å²) in [7, 11) is -2.06. The fourth-order valence-electron chi connectivity index (χ4n) is 6.48. The molecule has 1 heterocycles. The van der Waals surface area contributed by atoms with E-state index in [1.807, 2.05) is 34.6 Å². The largest absolute Gasteiger partial charge is 0.346 e. The van der Waals surface area contributed by atoms with Gasteiger partial charge in [-0.15, -0.1) is 13.2 Å². The number of carbonyl (C=O) groups is 5. The Morgan fingerprint density at radius 3 is 2.19 bits per heavy atom. The maximum Gasteiger partial charge on any atom is 0.315 e. The summed E-state index contributed by atoms with van der Waals surface area (Å²) >= 11 is 0. The first-order chi connectivity index (χ1) is 22.3. The van der Waals surface area contributed by atoms with Gasteiger partial charge in [-0.2, -0.15) is 0 Å². The number of likely N-dealkylation sites (N-methyl/N-ethyl adjacent to an activating group) is 1. The van der Waals surface area contributed by atoms with Crippen molar-refractivity contribution in [2.45, 2.75) is 110 Å². The van der Waals surface area contributed by atoms with Crippen LogP contribution < -0.4 is 21.3 Å². The molecule has 1 saturated heterocycles. The summed E-state index contributed by atoms with van der Waals surface area (Å²) < 4.78 is 25.5. The van der Waals surface area contributed by atoms with E-state index in [0.717, 1.165) is 25.5 Å². The number of amides is 5. The average molecular weight is 695 g/mol. The third-order valence-corrected chi connectivity index (χ3v) is 11.0. The minimum atomic E-state index is -3.51. The number of urea groups is 1. The zero-order valence-corrected chi connectivity index (χ0v) is 30.7. The van der Waals surface area contributed by atoms with Crippen molar-refractivity contribution in [2.24, 2.45) is 16.7 Å². The summed E-state index contributed by atoms with van der Waals surface area (Å²) in [6.07, 6.45) is 9.52. The third-order valence-electron chi connectivity index (χ3n) is 9.71. The number of hydrogen-bond acceptors (Lipinski definition) is 7. The molecular formula is C34H58N6O7S. The summed E-state index contributed by atoms with van der Waals surface area (Å²) in [5, 5.41) is 11.1. The highest BCUT2D eigenvalue weighted by molar-refractivity contribution is 7.88. The Kier molecular flexibility index (Phi) is 14.8. The standard InChI is InChI=1S/C34H58N6O7S/c1-10-16-24(27(41)30(43)35-20-11-2)36-29(42)26-23(12-3)17-21-40(26)31(44)28(34(7)18-14-13-15-19-34)38-32(45)37-25(33(4,5)6)22-39(8)48(9,46)47/h11-12,23-26,28H,2-3,10,13-22H2,1,4-9H3,(H,35,43)(H,36,42)(H2,37,38,45)/t23-,24?,25+,26-,28+/m0/s1. The predicted molar refractivity (Wildman–Crippen MR) is 186 cm³/mol. The predicted octanol–water partition coefficient (Wildman–Crippen LogP) is 2.49. The Morgan fingerprint density at radius 1 is 1.04 bits per heavy atom. The molecule has 4 N–H and O–H groups in total. The first-order valence-electron chi connectivity index (χ1n) is 16.9. The van der Waals surface area contributed by atoms with E-state index in [-0.39, 0.29) is 26.1 Å². The smallest absolute Gasteiger partial charge is 0.315 e. The minimum absolute atomic E-state index is 0.0320. The molecule has 0 aromatic carbocycles. The normalized spacial score (nSPS) is 21.4. The molecule has 0 bridgehead atoms. The molecule has 13 nitrogen and oxygen atoms in total.